The Kier molecular flexibility index (Phi) is 1.97. The van der Waals surface area contributed by atoms with Gasteiger partial charge < -0.3 is 10.2 Å². The molecule has 2 heteroatoms. The highest BCUT2D eigenvalue weighted by Crippen LogP contribution is 2.42. The molecule has 0 radical (unpaired) electrons. The normalized spacial score (nSPS) is 29.3. The van der Waals surface area contributed by atoms with Crippen LogP contribution in [-0.4, -0.2) is 21.9 Å². The second-order valence-electron chi connectivity index (χ2n) is 4.03. The Morgan fingerprint density at radius 1 is 1.33 bits per heavy atom. The van der Waals surface area contributed by atoms with Crippen LogP contribution >= 0.6 is 0 Å². The first-order valence-corrected chi connectivity index (χ1v) is 4.82. The van der Waals surface area contributed by atoms with Gasteiger partial charge in [-0.2, -0.15) is 0 Å². The van der Waals surface area contributed by atoms with Gasteiger partial charge in [0.2, 0.25) is 0 Å². The first kappa shape index (κ1) is 8.27. The van der Waals surface area contributed by atoms with E-state index in [0.29, 0.717) is 0 Å². The summed E-state index contributed by atoms with van der Waals surface area (Å²) >= 11 is 0. The van der Waals surface area contributed by atoms with Crippen molar-refractivity contribution in [3.63, 3.8) is 0 Å². The number of hydrogen-bond acceptors (Lipinski definition) is 2. The maximum absolute atomic E-state index is 9.75. The molecule has 2 aliphatic carbocycles. The molecule has 0 spiro atoms. The van der Waals surface area contributed by atoms with Crippen molar-refractivity contribution >= 4 is 0 Å². The first-order chi connectivity index (χ1) is 5.72. The SMILES string of the molecule is OC(C1=CCCCC1)C1(O)CC1. The molecule has 1 fully saturated rings. The molecule has 2 N–H and O–H groups in total. The Morgan fingerprint density at radius 2 is 2.08 bits per heavy atom. The van der Waals surface area contributed by atoms with Crippen LogP contribution in [0, 0.1) is 0 Å². The quantitative estimate of drug-likeness (QED) is 0.611. The van der Waals surface area contributed by atoms with Crippen LogP contribution in [0.4, 0.5) is 0 Å². The molecule has 0 heterocycles. The predicted octanol–water partition coefficient (Wildman–Crippen LogP) is 1.37. The molecule has 68 valence electrons. The van der Waals surface area contributed by atoms with E-state index in [1.807, 2.05) is 0 Å². The fourth-order valence-electron chi connectivity index (χ4n) is 1.86. The molecular weight excluding hydrogens is 152 g/mol. The summed E-state index contributed by atoms with van der Waals surface area (Å²) in [5, 5.41) is 19.4. The van der Waals surface area contributed by atoms with Crippen LogP contribution in [0.1, 0.15) is 38.5 Å². The van der Waals surface area contributed by atoms with Gasteiger partial charge in [0.25, 0.3) is 0 Å². The van der Waals surface area contributed by atoms with Crippen LogP contribution in [0.2, 0.25) is 0 Å². The molecule has 0 amide bonds. The minimum absolute atomic E-state index is 0.571. The van der Waals surface area contributed by atoms with E-state index in [1.54, 1.807) is 0 Å². The summed E-state index contributed by atoms with van der Waals surface area (Å²) in [7, 11) is 0. The first-order valence-electron chi connectivity index (χ1n) is 4.82. The monoisotopic (exact) mass is 168 g/mol. The average molecular weight is 168 g/mol. The molecule has 0 aromatic rings. The standard InChI is InChI=1S/C10H16O2/c11-9(10(12)6-7-10)8-4-2-1-3-5-8/h4,9,11-12H,1-3,5-7H2. The van der Waals surface area contributed by atoms with Crippen LogP contribution in [-0.2, 0) is 0 Å². The predicted molar refractivity (Wildman–Crippen MR) is 46.7 cm³/mol. The van der Waals surface area contributed by atoms with Crippen molar-refractivity contribution in [1.82, 2.24) is 0 Å². The molecule has 0 aliphatic heterocycles. The lowest BCUT2D eigenvalue weighted by Gasteiger charge is -2.22. The summed E-state index contributed by atoms with van der Waals surface area (Å²) in [6.07, 6.45) is 7.51. The molecule has 0 aromatic carbocycles. The largest absolute Gasteiger partial charge is 0.387 e. The van der Waals surface area contributed by atoms with Crippen molar-refractivity contribution in [3.05, 3.63) is 11.6 Å². The molecule has 0 saturated heterocycles. The zero-order chi connectivity index (χ0) is 8.60. The van der Waals surface area contributed by atoms with Gasteiger partial charge in [-0.15, -0.1) is 0 Å². The Hall–Kier alpha value is -0.340. The molecule has 2 rings (SSSR count). The summed E-state index contributed by atoms with van der Waals surface area (Å²) in [5.74, 6) is 0. The number of aliphatic hydroxyl groups is 2. The Balaban J connectivity index is 2.02. The van der Waals surface area contributed by atoms with Crippen molar-refractivity contribution < 1.29 is 10.2 Å². The smallest absolute Gasteiger partial charge is 0.104 e. The second-order valence-corrected chi connectivity index (χ2v) is 4.03. The van der Waals surface area contributed by atoms with Gasteiger partial charge in [0.05, 0.1) is 5.60 Å². The van der Waals surface area contributed by atoms with Crippen molar-refractivity contribution in [3.8, 4) is 0 Å². The molecule has 0 aromatic heterocycles. The summed E-state index contributed by atoms with van der Waals surface area (Å²) in [5.41, 5.74) is 0.324. The number of allylic oxidation sites excluding steroid dienone is 1. The highest BCUT2D eigenvalue weighted by atomic mass is 16.3. The lowest BCUT2D eigenvalue weighted by atomic mass is 9.92. The van der Waals surface area contributed by atoms with E-state index in [2.05, 4.69) is 6.08 Å². The Labute approximate surface area is 72.9 Å². The molecule has 0 bridgehead atoms. The molecule has 2 aliphatic rings. The highest BCUT2D eigenvalue weighted by molar-refractivity contribution is 5.20. The van der Waals surface area contributed by atoms with Gasteiger partial charge >= 0.3 is 0 Å². The minimum Gasteiger partial charge on any atom is -0.387 e. The van der Waals surface area contributed by atoms with Crippen molar-refractivity contribution in [2.45, 2.75) is 50.2 Å². The van der Waals surface area contributed by atoms with Gasteiger partial charge in [-0.25, -0.2) is 0 Å². The van der Waals surface area contributed by atoms with Crippen LogP contribution in [0.25, 0.3) is 0 Å². The van der Waals surface area contributed by atoms with Crippen LogP contribution in [0.5, 0.6) is 0 Å². The van der Waals surface area contributed by atoms with Gasteiger partial charge in [-0.1, -0.05) is 6.08 Å². The van der Waals surface area contributed by atoms with E-state index in [1.165, 1.54) is 12.8 Å². The van der Waals surface area contributed by atoms with Gasteiger partial charge in [-0.05, 0) is 44.1 Å². The summed E-state index contributed by atoms with van der Waals surface area (Å²) in [6.45, 7) is 0. The van der Waals surface area contributed by atoms with E-state index in [-0.39, 0.29) is 0 Å². The van der Waals surface area contributed by atoms with Crippen molar-refractivity contribution in [1.29, 1.82) is 0 Å². The zero-order valence-electron chi connectivity index (χ0n) is 7.29. The van der Waals surface area contributed by atoms with Gasteiger partial charge in [0.1, 0.15) is 6.10 Å². The summed E-state index contributed by atoms with van der Waals surface area (Å²) in [4.78, 5) is 0. The van der Waals surface area contributed by atoms with Crippen LogP contribution in [0.3, 0.4) is 0 Å². The Bertz CT molecular complexity index is 204. The second kappa shape index (κ2) is 2.86. The van der Waals surface area contributed by atoms with E-state index in [9.17, 15) is 10.2 Å². The maximum Gasteiger partial charge on any atom is 0.104 e. The van der Waals surface area contributed by atoms with Crippen LogP contribution < -0.4 is 0 Å². The fourth-order valence-corrected chi connectivity index (χ4v) is 1.86. The van der Waals surface area contributed by atoms with Crippen LogP contribution in [0.15, 0.2) is 11.6 Å². The lowest BCUT2D eigenvalue weighted by molar-refractivity contribution is 0.0189. The summed E-state index contributed by atoms with van der Waals surface area (Å²) < 4.78 is 0. The third kappa shape index (κ3) is 1.41. The maximum atomic E-state index is 9.75. The number of aliphatic hydroxyl groups excluding tert-OH is 1. The molecule has 2 nitrogen and oxygen atoms in total. The minimum atomic E-state index is -0.747. The number of hydrogen-bond donors (Lipinski definition) is 2. The van der Waals surface area contributed by atoms with Gasteiger partial charge in [0.15, 0.2) is 0 Å². The van der Waals surface area contributed by atoms with Crippen molar-refractivity contribution in [2.24, 2.45) is 0 Å². The molecule has 1 unspecified atom stereocenters. The van der Waals surface area contributed by atoms with E-state index >= 15 is 0 Å². The molecule has 1 saturated carbocycles. The highest BCUT2D eigenvalue weighted by Gasteiger charge is 2.48. The molecule has 1 atom stereocenters. The third-order valence-electron chi connectivity index (χ3n) is 2.95. The van der Waals surface area contributed by atoms with Crippen molar-refractivity contribution in [2.75, 3.05) is 0 Å². The Morgan fingerprint density at radius 3 is 2.58 bits per heavy atom. The van der Waals surface area contributed by atoms with Gasteiger partial charge in [-0.3, -0.25) is 0 Å². The molecular formula is C10H16O2. The average Bonchev–Trinajstić information content (AvgIpc) is 2.85. The van der Waals surface area contributed by atoms with E-state index in [4.69, 9.17) is 0 Å². The topological polar surface area (TPSA) is 40.5 Å². The third-order valence-corrected chi connectivity index (χ3v) is 2.95. The van der Waals surface area contributed by atoms with E-state index in [0.717, 1.165) is 31.3 Å². The zero-order valence-corrected chi connectivity index (χ0v) is 7.29. The van der Waals surface area contributed by atoms with Gasteiger partial charge in [0, 0.05) is 0 Å². The molecule has 12 heavy (non-hydrogen) atoms. The fraction of sp³-hybridized carbons (Fsp3) is 0.800. The summed E-state index contributed by atoms with van der Waals surface area (Å²) in [6, 6.07) is 0. The van der Waals surface area contributed by atoms with E-state index < -0.39 is 11.7 Å². The number of rotatable bonds is 2. The lowest BCUT2D eigenvalue weighted by Crippen LogP contribution is -2.30.